The fourth-order valence-corrected chi connectivity index (χ4v) is 2.10. The van der Waals surface area contributed by atoms with Crippen molar-refractivity contribution in [3.05, 3.63) is 65.3 Å². The molecule has 1 N–H and O–H groups in total. The summed E-state index contributed by atoms with van der Waals surface area (Å²) < 4.78 is 5.23. The molecule has 0 aliphatic carbocycles. The summed E-state index contributed by atoms with van der Waals surface area (Å²) in [5.41, 5.74) is 1.31. The Morgan fingerprint density at radius 2 is 1.87 bits per heavy atom. The lowest BCUT2D eigenvalue weighted by atomic mass is 10.2. The van der Waals surface area contributed by atoms with Crippen molar-refractivity contribution in [3.8, 4) is 11.4 Å². The minimum absolute atomic E-state index is 0.230. The van der Waals surface area contributed by atoms with Crippen LogP contribution in [-0.2, 0) is 0 Å². The van der Waals surface area contributed by atoms with Gasteiger partial charge in [-0.15, -0.1) is 0 Å². The Hall–Kier alpha value is -2.73. The molecule has 23 heavy (non-hydrogen) atoms. The van der Waals surface area contributed by atoms with Crippen molar-refractivity contribution in [3.63, 3.8) is 0 Å². The van der Waals surface area contributed by atoms with Crippen LogP contribution in [0.1, 0.15) is 29.2 Å². The molecule has 2 aromatic heterocycles. The Bertz CT molecular complexity index is 802. The molecule has 0 aliphatic heterocycles. The lowest BCUT2D eigenvalue weighted by Crippen LogP contribution is -2.26. The van der Waals surface area contributed by atoms with Crippen LogP contribution in [0.15, 0.2) is 53.3 Å². The first-order valence-electron chi connectivity index (χ1n) is 6.94. The monoisotopic (exact) mass is 328 g/mol. The minimum Gasteiger partial charge on any atom is -0.341 e. The fraction of sp³-hybridized carbons (Fsp3) is 0.125. The van der Waals surface area contributed by atoms with Crippen molar-refractivity contribution in [2.45, 2.75) is 13.0 Å². The van der Waals surface area contributed by atoms with Crippen molar-refractivity contribution in [1.29, 1.82) is 0 Å². The number of halogens is 1. The maximum absolute atomic E-state index is 12.1. The van der Waals surface area contributed by atoms with Crippen LogP contribution in [0.3, 0.4) is 0 Å². The van der Waals surface area contributed by atoms with E-state index in [0.717, 1.165) is 5.56 Å². The zero-order chi connectivity index (χ0) is 16.2. The smallest absolute Gasteiger partial charge is 0.252 e. The van der Waals surface area contributed by atoms with E-state index in [9.17, 15) is 4.79 Å². The van der Waals surface area contributed by atoms with Gasteiger partial charge in [0.1, 0.15) is 6.04 Å². The molecule has 7 heteroatoms. The number of amides is 1. The van der Waals surface area contributed by atoms with Crippen LogP contribution >= 0.6 is 11.6 Å². The van der Waals surface area contributed by atoms with Crippen molar-refractivity contribution in [2.75, 3.05) is 0 Å². The minimum atomic E-state index is -0.413. The summed E-state index contributed by atoms with van der Waals surface area (Å²) in [5, 5.41) is 7.36. The molecule has 0 bridgehead atoms. The molecule has 0 fully saturated rings. The number of pyridine rings is 1. The summed E-state index contributed by atoms with van der Waals surface area (Å²) in [5.74, 6) is 0.546. The largest absolute Gasteiger partial charge is 0.341 e. The van der Waals surface area contributed by atoms with E-state index in [-0.39, 0.29) is 5.91 Å². The lowest BCUT2D eigenvalue weighted by Gasteiger charge is -2.09. The van der Waals surface area contributed by atoms with Crippen LogP contribution in [0, 0.1) is 0 Å². The van der Waals surface area contributed by atoms with Gasteiger partial charge in [0.05, 0.1) is 0 Å². The summed E-state index contributed by atoms with van der Waals surface area (Å²) in [6, 6.07) is 9.96. The van der Waals surface area contributed by atoms with E-state index in [0.29, 0.717) is 22.3 Å². The molecule has 0 radical (unpaired) electrons. The summed E-state index contributed by atoms with van der Waals surface area (Å²) >= 11 is 5.85. The number of carbonyl (C=O) groups is 1. The van der Waals surface area contributed by atoms with Gasteiger partial charge in [-0.3, -0.25) is 9.78 Å². The first kappa shape index (κ1) is 15.2. The molecule has 2 heterocycles. The fourth-order valence-electron chi connectivity index (χ4n) is 1.97. The SMILES string of the molecule is C[C@@H](NC(=O)c1ccncc1)c1nc(-c2ccc(Cl)cc2)no1. The van der Waals surface area contributed by atoms with Crippen LogP contribution in [0.25, 0.3) is 11.4 Å². The Morgan fingerprint density at radius 1 is 1.17 bits per heavy atom. The maximum Gasteiger partial charge on any atom is 0.252 e. The van der Waals surface area contributed by atoms with Crippen LogP contribution in [-0.4, -0.2) is 21.0 Å². The molecule has 0 saturated heterocycles. The molecule has 0 saturated carbocycles. The summed E-state index contributed by atoms with van der Waals surface area (Å²) in [6.07, 6.45) is 3.12. The van der Waals surface area contributed by atoms with E-state index in [2.05, 4.69) is 20.4 Å². The van der Waals surface area contributed by atoms with Crippen LogP contribution in [0.2, 0.25) is 5.02 Å². The topological polar surface area (TPSA) is 80.9 Å². The van der Waals surface area contributed by atoms with Gasteiger partial charge in [0.2, 0.25) is 11.7 Å². The van der Waals surface area contributed by atoms with Crippen LogP contribution < -0.4 is 5.32 Å². The van der Waals surface area contributed by atoms with Crippen molar-refractivity contribution in [2.24, 2.45) is 0 Å². The van der Waals surface area contributed by atoms with Crippen molar-refractivity contribution >= 4 is 17.5 Å². The third-order valence-electron chi connectivity index (χ3n) is 3.20. The highest BCUT2D eigenvalue weighted by molar-refractivity contribution is 6.30. The second kappa shape index (κ2) is 6.58. The molecule has 3 rings (SSSR count). The molecule has 1 atom stereocenters. The van der Waals surface area contributed by atoms with Crippen LogP contribution in [0.5, 0.6) is 0 Å². The molecule has 0 spiro atoms. The third-order valence-corrected chi connectivity index (χ3v) is 3.46. The zero-order valence-electron chi connectivity index (χ0n) is 12.2. The number of benzene rings is 1. The molecule has 3 aromatic rings. The number of hydrogen-bond donors (Lipinski definition) is 1. The molecule has 0 aliphatic rings. The second-order valence-corrected chi connectivity index (χ2v) is 5.33. The van der Waals surface area contributed by atoms with Gasteiger partial charge < -0.3 is 9.84 Å². The first-order valence-corrected chi connectivity index (χ1v) is 7.32. The standard InChI is InChI=1S/C16H13ClN4O2/c1-10(19-15(22)12-6-8-18-9-7-12)16-20-14(21-23-16)11-2-4-13(17)5-3-11/h2-10H,1H3,(H,19,22)/t10-/m1/s1. The predicted octanol–water partition coefficient (Wildman–Crippen LogP) is 3.28. The average molecular weight is 329 g/mol. The van der Waals surface area contributed by atoms with Crippen molar-refractivity contribution in [1.82, 2.24) is 20.4 Å². The van der Waals surface area contributed by atoms with E-state index in [1.165, 1.54) is 0 Å². The highest BCUT2D eigenvalue weighted by Gasteiger charge is 2.18. The van der Waals surface area contributed by atoms with E-state index in [1.807, 2.05) is 0 Å². The van der Waals surface area contributed by atoms with E-state index in [1.54, 1.807) is 55.7 Å². The highest BCUT2D eigenvalue weighted by atomic mass is 35.5. The van der Waals surface area contributed by atoms with Crippen LogP contribution in [0.4, 0.5) is 0 Å². The van der Waals surface area contributed by atoms with Gasteiger partial charge >= 0.3 is 0 Å². The van der Waals surface area contributed by atoms with Gasteiger partial charge in [-0.2, -0.15) is 4.98 Å². The van der Waals surface area contributed by atoms with Gasteiger partial charge in [0.15, 0.2) is 0 Å². The normalized spacial score (nSPS) is 11.9. The third kappa shape index (κ3) is 3.54. The van der Waals surface area contributed by atoms with Gasteiger partial charge in [-0.05, 0) is 43.3 Å². The van der Waals surface area contributed by atoms with Gasteiger partial charge in [-0.25, -0.2) is 0 Å². The van der Waals surface area contributed by atoms with E-state index in [4.69, 9.17) is 16.1 Å². The molecule has 0 unspecified atom stereocenters. The summed E-state index contributed by atoms with van der Waals surface area (Å²) in [4.78, 5) is 20.3. The van der Waals surface area contributed by atoms with E-state index < -0.39 is 6.04 Å². The molecular formula is C16H13ClN4O2. The first-order chi connectivity index (χ1) is 11.1. The molecule has 1 aromatic carbocycles. The maximum atomic E-state index is 12.1. The lowest BCUT2D eigenvalue weighted by molar-refractivity contribution is 0.0932. The molecule has 1 amide bonds. The Kier molecular flexibility index (Phi) is 4.34. The van der Waals surface area contributed by atoms with Gasteiger partial charge in [0.25, 0.3) is 5.91 Å². The number of nitrogens with one attached hydrogen (secondary N) is 1. The summed E-state index contributed by atoms with van der Waals surface area (Å²) in [6.45, 7) is 1.78. The predicted molar refractivity (Wildman–Crippen MR) is 84.9 cm³/mol. The molecule has 6 nitrogen and oxygen atoms in total. The quantitative estimate of drug-likeness (QED) is 0.795. The number of carbonyl (C=O) groups excluding carboxylic acids is 1. The Balaban J connectivity index is 1.72. The van der Waals surface area contributed by atoms with E-state index >= 15 is 0 Å². The number of nitrogens with zero attached hydrogens (tertiary/aromatic N) is 3. The van der Waals surface area contributed by atoms with Gasteiger partial charge in [-0.1, -0.05) is 16.8 Å². The number of hydrogen-bond acceptors (Lipinski definition) is 5. The average Bonchev–Trinajstić information content (AvgIpc) is 3.06. The Labute approximate surface area is 137 Å². The number of aromatic nitrogens is 3. The van der Waals surface area contributed by atoms with Crippen molar-refractivity contribution < 1.29 is 9.32 Å². The Morgan fingerprint density at radius 3 is 2.57 bits per heavy atom. The molecular weight excluding hydrogens is 316 g/mol. The van der Waals surface area contributed by atoms with Gasteiger partial charge in [0, 0.05) is 28.5 Å². The molecule has 116 valence electrons. The zero-order valence-corrected chi connectivity index (χ0v) is 13.0. The second-order valence-electron chi connectivity index (χ2n) is 4.89. The number of rotatable bonds is 4. The summed E-state index contributed by atoms with van der Waals surface area (Å²) in [7, 11) is 0. The highest BCUT2D eigenvalue weighted by Crippen LogP contribution is 2.20.